The number of aliphatic hydroxyl groups excluding tert-OH is 1. The van der Waals surface area contributed by atoms with Crippen LogP contribution in [0.25, 0.3) is 0 Å². The van der Waals surface area contributed by atoms with Gasteiger partial charge >= 0.3 is 11.9 Å². The number of Topliss-reactive ketones (excluding diaryl/α,β-unsaturated/α-hetero) is 1. The molecule has 4 aliphatic rings. The van der Waals surface area contributed by atoms with Crippen molar-refractivity contribution >= 4 is 17.7 Å². The van der Waals surface area contributed by atoms with Crippen molar-refractivity contribution in [3.8, 4) is 0 Å². The van der Waals surface area contributed by atoms with E-state index in [1.165, 1.54) is 6.92 Å². The van der Waals surface area contributed by atoms with Crippen molar-refractivity contribution < 1.29 is 29.3 Å². The lowest BCUT2D eigenvalue weighted by atomic mass is 9.46. The Labute approximate surface area is 191 Å². The van der Waals surface area contributed by atoms with Crippen molar-refractivity contribution in [2.45, 2.75) is 85.7 Å². The molecule has 0 heterocycles. The van der Waals surface area contributed by atoms with Gasteiger partial charge in [0.2, 0.25) is 0 Å². The SMILES string of the molecule is CC.CC(=O)OCC(=O)C1CCC2C3CC(O)C4=CC(C(=O)O)CCC4(C)C3CCC12C. The minimum absolute atomic E-state index is 0.0266. The number of aliphatic hydroxyl groups is 1. The Balaban J connectivity index is 0.00000141. The third-order valence-electron chi connectivity index (χ3n) is 9.25. The molecular formula is C26H40O6. The lowest BCUT2D eigenvalue weighted by Gasteiger charge is -2.59. The zero-order valence-electron chi connectivity index (χ0n) is 20.2. The molecule has 0 spiro atoms. The van der Waals surface area contributed by atoms with Crippen LogP contribution < -0.4 is 0 Å². The summed E-state index contributed by atoms with van der Waals surface area (Å²) < 4.78 is 5.00. The maximum absolute atomic E-state index is 12.8. The molecule has 3 saturated carbocycles. The highest BCUT2D eigenvalue weighted by molar-refractivity contribution is 5.85. The maximum Gasteiger partial charge on any atom is 0.310 e. The third kappa shape index (κ3) is 4.04. The van der Waals surface area contributed by atoms with Gasteiger partial charge in [0.15, 0.2) is 5.78 Å². The summed E-state index contributed by atoms with van der Waals surface area (Å²) in [6.07, 6.45) is 7.04. The van der Waals surface area contributed by atoms with E-state index in [0.29, 0.717) is 30.6 Å². The Morgan fingerprint density at radius 1 is 1.06 bits per heavy atom. The summed E-state index contributed by atoms with van der Waals surface area (Å²) in [4.78, 5) is 35.5. The predicted octanol–water partition coefficient (Wildman–Crippen LogP) is 4.40. The molecule has 4 rings (SSSR count). The molecule has 0 bridgehead atoms. The topological polar surface area (TPSA) is 101 Å². The molecule has 0 aromatic heterocycles. The van der Waals surface area contributed by atoms with Gasteiger partial charge in [0.05, 0.1) is 12.0 Å². The summed E-state index contributed by atoms with van der Waals surface area (Å²) >= 11 is 0. The van der Waals surface area contributed by atoms with E-state index in [1.807, 2.05) is 19.9 Å². The minimum atomic E-state index is -0.806. The number of carboxylic acids is 1. The molecule has 8 unspecified atom stereocenters. The number of carbonyl (C=O) groups is 3. The van der Waals surface area contributed by atoms with Crippen molar-refractivity contribution in [2.75, 3.05) is 6.61 Å². The van der Waals surface area contributed by atoms with Gasteiger partial charge in [0.1, 0.15) is 6.61 Å². The number of aliphatic carboxylic acids is 1. The minimum Gasteiger partial charge on any atom is -0.481 e. The Morgan fingerprint density at radius 3 is 2.38 bits per heavy atom. The van der Waals surface area contributed by atoms with Crippen LogP contribution in [0.4, 0.5) is 0 Å². The van der Waals surface area contributed by atoms with Crippen LogP contribution in [0.3, 0.4) is 0 Å². The molecule has 8 atom stereocenters. The van der Waals surface area contributed by atoms with Gasteiger partial charge in [-0.05, 0) is 79.1 Å². The molecule has 0 aromatic rings. The number of esters is 1. The molecule has 3 fully saturated rings. The normalized spacial score (nSPS) is 42.2. The Morgan fingerprint density at radius 2 is 1.75 bits per heavy atom. The summed E-state index contributed by atoms with van der Waals surface area (Å²) in [5.41, 5.74) is 0.662. The maximum atomic E-state index is 12.8. The monoisotopic (exact) mass is 448 g/mol. The number of ether oxygens (including phenoxy) is 1. The summed E-state index contributed by atoms with van der Waals surface area (Å²) in [7, 11) is 0. The van der Waals surface area contributed by atoms with Crippen molar-refractivity contribution in [3.05, 3.63) is 11.6 Å². The van der Waals surface area contributed by atoms with Crippen LogP contribution in [-0.4, -0.2) is 40.6 Å². The zero-order chi connectivity index (χ0) is 23.8. The van der Waals surface area contributed by atoms with E-state index in [2.05, 4.69) is 13.8 Å². The molecule has 32 heavy (non-hydrogen) atoms. The lowest BCUT2D eigenvalue weighted by Crippen LogP contribution is -2.54. The first kappa shape index (κ1) is 24.9. The second-order valence-corrected chi connectivity index (χ2v) is 10.6. The molecule has 0 aliphatic heterocycles. The largest absolute Gasteiger partial charge is 0.481 e. The van der Waals surface area contributed by atoms with Crippen LogP contribution in [-0.2, 0) is 19.1 Å². The van der Waals surface area contributed by atoms with E-state index in [9.17, 15) is 24.6 Å². The molecule has 6 heteroatoms. The van der Waals surface area contributed by atoms with Crippen LogP contribution in [0, 0.1) is 40.4 Å². The smallest absolute Gasteiger partial charge is 0.310 e. The number of carboxylic acid groups (broad SMARTS) is 1. The number of hydrogen-bond acceptors (Lipinski definition) is 5. The van der Waals surface area contributed by atoms with Crippen molar-refractivity contribution in [1.82, 2.24) is 0 Å². The van der Waals surface area contributed by atoms with Gasteiger partial charge in [-0.2, -0.15) is 0 Å². The standard InChI is InChI=1S/C24H34O6.C2H6/c1-13(25)30-12-21(27)18-5-4-16-15-11-20(26)19-10-14(22(28)29)6-8-24(19,3)17(15)7-9-23(16,18)2;1-2/h10,14-18,20,26H,4-9,11-12H2,1-3H3,(H,28,29);1-2H3. The summed E-state index contributed by atoms with van der Waals surface area (Å²) in [5, 5.41) is 20.5. The quantitative estimate of drug-likeness (QED) is 0.488. The molecule has 6 nitrogen and oxygen atoms in total. The number of ketones is 1. The van der Waals surface area contributed by atoms with E-state index in [-0.39, 0.29) is 29.1 Å². The Hall–Kier alpha value is -1.69. The number of carbonyl (C=O) groups excluding carboxylic acids is 2. The van der Waals surface area contributed by atoms with Gasteiger partial charge in [-0.15, -0.1) is 0 Å². The fourth-order valence-corrected chi connectivity index (χ4v) is 7.77. The molecule has 4 aliphatic carbocycles. The summed E-state index contributed by atoms with van der Waals surface area (Å²) in [6.45, 7) is 9.63. The molecule has 0 aromatic carbocycles. The van der Waals surface area contributed by atoms with Gasteiger partial charge < -0.3 is 14.9 Å². The summed E-state index contributed by atoms with van der Waals surface area (Å²) in [5.74, 6) is -0.663. The molecule has 0 saturated heterocycles. The predicted molar refractivity (Wildman–Crippen MR) is 121 cm³/mol. The average Bonchev–Trinajstić information content (AvgIpc) is 3.10. The first-order valence-electron chi connectivity index (χ1n) is 12.4. The Kier molecular flexibility index (Phi) is 7.23. The molecule has 0 radical (unpaired) electrons. The van der Waals surface area contributed by atoms with E-state index in [0.717, 1.165) is 37.7 Å². The van der Waals surface area contributed by atoms with Crippen LogP contribution in [0.2, 0.25) is 0 Å². The highest BCUT2D eigenvalue weighted by Gasteiger charge is 2.61. The van der Waals surface area contributed by atoms with Gasteiger partial charge in [-0.3, -0.25) is 14.4 Å². The first-order chi connectivity index (χ1) is 15.1. The highest BCUT2D eigenvalue weighted by atomic mass is 16.5. The van der Waals surface area contributed by atoms with Crippen LogP contribution in [0.1, 0.15) is 79.6 Å². The molecular weight excluding hydrogens is 408 g/mol. The number of rotatable bonds is 4. The van der Waals surface area contributed by atoms with E-state index >= 15 is 0 Å². The first-order valence-corrected chi connectivity index (χ1v) is 12.4. The molecule has 2 N–H and O–H groups in total. The van der Waals surface area contributed by atoms with Crippen LogP contribution >= 0.6 is 0 Å². The van der Waals surface area contributed by atoms with Crippen LogP contribution in [0.15, 0.2) is 11.6 Å². The molecule has 0 amide bonds. The van der Waals surface area contributed by atoms with Gasteiger partial charge in [0, 0.05) is 12.8 Å². The zero-order valence-corrected chi connectivity index (χ0v) is 20.2. The fourth-order valence-electron chi connectivity index (χ4n) is 7.77. The highest BCUT2D eigenvalue weighted by Crippen LogP contribution is 2.67. The average molecular weight is 449 g/mol. The number of hydrogen-bond donors (Lipinski definition) is 2. The Bertz CT molecular complexity index is 787. The van der Waals surface area contributed by atoms with E-state index < -0.39 is 24.0 Å². The van der Waals surface area contributed by atoms with E-state index in [4.69, 9.17) is 4.74 Å². The number of fused-ring (bicyclic) bond motifs is 5. The molecule has 180 valence electrons. The van der Waals surface area contributed by atoms with Gasteiger partial charge in [0.25, 0.3) is 0 Å². The third-order valence-corrected chi connectivity index (χ3v) is 9.25. The van der Waals surface area contributed by atoms with Gasteiger partial charge in [-0.25, -0.2) is 0 Å². The van der Waals surface area contributed by atoms with E-state index in [1.54, 1.807) is 0 Å². The van der Waals surface area contributed by atoms with Crippen molar-refractivity contribution in [1.29, 1.82) is 0 Å². The second kappa shape index (κ2) is 9.28. The second-order valence-electron chi connectivity index (χ2n) is 10.6. The lowest BCUT2D eigenvalue weighted by molar-refractivity contribution is -0.149. The van der Waals surface area contributed by atoms with Crippen molar-refractivity contribution in [2.24, 2.45) is 40.4 Å². The van der Waals surface area contributed by atoms with Gasteiger partial charge in [-0.1, -0.05) is 33.8 Å². The van der Waals surface area contributed by atoms with Crippen molar-refractivity contribution in [3.63, 3.8) is 0 Å². The summed E-state index contributed by atoms with van der Waals surface area (Å²) in [6, 6.07) is 0. The van der Waals surface area contributed by atoms with Crippen LogP contribution in [0.5, 0.6) is 0 Å². The fraction of sp³-hybridized carbons (Fsp3) is 0.808.